The summed E-state index contributed by atoms with van der Waals surface area (Å²) in [6.45, 7) is 1.75. The number of nitrogens with one attached hydrogen (secondary N) is 1. The second kappa shape index (κ2) is 7.37. The predicted octanol–water partition coefficient (Wildman–Crippen LogP) is 7.28. The van der Waals surface area contributed by atoms with E-state index in [1.54, 1.807) is 19.1 Å². The minimum Gasteiger partial charge on any atom is -0.265 e. The van der Waals surface area contributed by atoms with Gasteiger partial charge in [0.05, 0.1) is 11.1 Å². The van der Waals surface area contributed by atoms with Gasteiger partial charge in [0, 0.05) is 26.2 Å². The van der Waals surface area contributed by atoms with Crippen molar-refractivity contribution in [3.63, 3.8) is 0 Å². The highest BCUT2D eigenvalue weighted by Gasteiger charge is 2.59. The van der Waals surface area contributed by atoms with Crippen molar-refractivity contribution in [1.82, 2.24) is 5.48 Å². The van der Waals surface area contributed by atoms with Crippen LogP contribution >= 0.6 is 46.4 Å². The zero-order valence-corrected chi connectivity index (χ0v) is 16.7. The van der Waals surface area contributed by atoms with E-state index in [9.17, 15) is 13.2 Å². The van der Waals surface area contributed by atoms with Crippen LogP contribution in [0.15, 0.2) is 42.5 Å². The maximum atomic E-state index is 14.0. The molecule has 0 saturated heterocycles. The molecule has 27 heavy (non-hydrogen) atoms. The lowest BCUT2D eigenvalue weighted by Crippen LogP contribution is -2.42. The molecule has 1 aliphatic heterocycles. The molecule has 0 radical (unpaired) electrons. The van der Waals surface area contributed by atoms with Crippen LogP contribution in [-0.2, 0) is 10.4 Å². The average Bonchev–Trinajstić information content (AvgIpc) is 3.00. The van der Waals surface area contributed by atoms with Gasteiger partial charge in [-0.3, -0.25) is 10.3 Å². The van der Waals surface area contributed by atoms with Crippen molar-refractivity contribution >= 4 is 52.1 Å². The van der Waals surface area contributed by atoms with Crippen LogP contribution < -0.4 is 5.48 Å². The molecule has 1 aliphatic rings. The first-order valence-corrected chi connectivity index (χ1v) is 9.24. The van der Waals surface area contributed by atoms with Crippen molar-refractivity contribution in [1.29, 1.82) is 0 Å². The Morgan fingerprint density at radius 3 is 2.19 bits per heavy atom. The normalized spacial score (nSPS) is 21.0. The first-order chi connectivity index (χ1) is 12.5. The van der Waals surface area contributed by atoms with E-state index in [4.69, 9.17) is 51.2 Å². The van der Waals surface area contributed by atoms with Crippen LogP contribution in [0.2, 0.25) is 15.1 Å². The van der Waals surface area contributed by atoms with Gasteiger partial charge in [-0.25, -0.2) is 0 Å². The van der Waals surface area contributed by atoms with Crippen LogP contribution in [0.5, 0.6) is 0 Å². The van der Waals surface area contributed by atoms with Crippen molar-refractivity contribution in [2.75, 3.05) is 0 Å². The summed E-state index contributed by atoms with van der Waals surface area (Å²) in [5.41, 5.74) is 0.554. The fraction of sp³-hybridized carbons (Fsp3) is 0.222. The number of alkyl halides is 4. The second-order valence-electron chi connectivity index (χ2n) is 6.01. The molecule has 1 heterocycles. The van der Waals surface area contributed by atoms with Crippen LogP contribution in [0.25, 0.3) is 5.70 Å². The third-order valence-electron chi connectivity index (χ3n) is 4.12. The van der Waals surface area contributed by atoms with E-state index in [-0.39, 0.29) is 26.7 Å². The Kier molecular flexibility index (Phi) is 5.63. The third kappa shape index (κ3) is 3.89. The van der Waals surface area contributed by atoms with Crippen LogP contribution in [0.4, 0.5) is 13.2 Å². The lowest BCUT2D eigenvalue weighted by molar-refractivity contribution is -0.269. The van der Waals surface area contributed by atoms with Gasteiger partial charge in [-0.15, -0.1) is 11.6 Å². The van der Waals surface area contributed by atoms with Crippen molar-refractivity contribution < 1.29 is 18.0 Å². The summed E-state index contributed by atoms with van der Waals surface area (Å²) in [7, 11) is 0. The third-order valence-corrected chi connectivity index (χ3v) is 5.12. The van der Waals surface area contributed by atoms with Crippen LogP contribution in [0, 0.1) is 0 Å². The summed E-state index contributed by atoms with van der Waals surface area (Å²) in [5, 5.41) is 0.134. The molecule has 2 aromatic carbocycles. The minimum absolute atomic E-state index is 0.0649. The van der Waals surface area contributed by atoms with E-state index in [1.807, 2.05) is 0 Å². The van der Waals surface area contributed by atoms with E-state index in [2.05, 4.69) is 5.48 Å². The number of hydrogen-bond donors (Lipinski definition) is 1. The number of hydrogen-bond acceptors (Lipinski definition) is 2. The summed E-state index contributed by atoms with van der Waals surface area (Å²) in [4.78, 5) is 5.03. The van der Waals surface area contributed by atoms with E-state index in [0.29, 0.717) is 16.1 Å². The zero-order valence-electron chi connectivity index (χ0n) is 13.7. The average molecular weight is 457 g/mol. The molecular formula is C18H12Cl4F3NO. The summed E-state index contributed by atoms with van der Waals surface area (Å²) < 4.78 is 41.9. The fourth-order valence-electron chi connectivity index (χ4n) is 2.77. The van der Waals surface area contributed by atoms with Gasteiger partial charge in [0.25, 0.3) is 0 Å². The maximum absolute atomic E-state index is 14.0. The van der Waals surface area contributed by atoms with E-state index < -0.39 is 11.8 Å². The standard InChI is InChI=1S/C18H12Cl4F3NO/c1-9(19)14-3-2-10(4-15(14)22)16-8-17(27-26-16,18(23,24)25)11-5-12(20)7-13(21)6-11/h2-9,26H,1H3. The summed E-state index contributed by atoms with van der Waals surface area (Å²) >= 11 is 24.0. The monoisotopic (exact) mass is 455 g/mol. The summed E-state index contributed by atoms with van der Waals surface area (Å²) in [5.74, 6) is 0. The topological polar surface area (TPSA) is 21.3 Å². The smallest absolute Gasteiger partial charge is 0.265 e. The summed E-state index contributed by atoms with van der Waals surface area (Å²) in [6, 6.07) is 8.45. The van der Waals surface area contributed by atoms with Gasteiger partial charge in [0.1, 0.15) is 0 Å². The van der Waals surface area contributed by atoms with Gasteiger partial charge in [0.15, 0.2) is 0 Å². The summed E-state index contributed by atoms with van der Waals surface area (Å²) in [6.07, 6.45) is -3.84. The van der Waals surface area contributed by atoms with E-state index >= 15 is 0 Å². The fourth-order valence-corrected chi connectivity index (χ4v) is 3.89. The molecule has 0 aromatic heterocycles. The Labute approximate surface area is 173 Å². The Hall–Kier alpha value is -1.11. The quantitative estimate of drug-likeness (QED) is 0.490. The van der Waals surface area contributed by atoms with E-state index in [0.717, 1.165) is 18.2 Å². The maximum Gasteiger partial charge on any atom is 0.428 e. The van der Waals surface area contributed by atoms with Gasteiger partial charge in [-0.05, 0) is 42.8 Å². The van der Waals surface area contributed by atoms with Crippen molar-refractivity contribution in [3.8, 4) is 0 Å². The molecule has 1 N–H and O–H groups in total. The molecule has 0 aliphatic carbocycles. The number of hydroxylamine groups is 1. The lowest BCUT2D eigenvalue weighted by atomic mass is 9.91. The minimum atomic E-state index is -4.77. The largest absolute Gasteiger partial charge is 0.428 e. The van der Waals surface area contributed by atoms with E-state index in [1.165, 1.54) is 12.1 Å². The van der Waals surface area contributed by atoms with Crippen LogP contribution in [0.1, 0.15) is 29.0 Å². The van der Waals surface area contributed by atoms with Crippen molar-refractivity contribution in [2.45, 2.75) is 24.1 Å². The van der Waals surface area contributed by atoms with Crippen LogP contribution in [0.3, 0.4) is 0 Å². The van der Waals surface area contributed by atoms with Crippen LogP contribution in [-0.4, -0.2) is 6.18 Å². The first-order valence-electron chi connectivity index (χ1n) is 7.67. The molecule has 0 amide bonds. The number of rotatable bonds is 3. The van der Waals surface area contributed by atoms with Gasteiger partial charge < -0.3 is 0 Å². The highest BCUT2D eigenvalue weighted by molar-refractivity contribution is 6.34. The SMILES string of the molecule is CC(Cl)c1ccc(C2=CC(c3cc(Cl)cc(Cl)c3)(C(F)(F)F)ON2)cc1Cl. The Bertz CT molecular complexity index is 894. The molecular weight excluding hydrogens is 445 g/mol. The van der Waals surface area contributed by atoms with Gasteiger partial charge >= 0.3 is 6.18 Å². The van der Waals surface area contributed by atoms with Gasteiger partial charge in [0.2, 0.25) is 5.60 Å². The number of benzene rings is 2. The molecule has 2 unspecified atom stereocenters. The lowest BCUT2D eigenvalue weighted by Gasteiger charge is -2.28. The number of halogens is 7. The highest BCUT2D eigenvalue weighted by Crippen LogP contribution is 2.48. The van der Waals surface area contributed by atoms with Gasteiger partial charge in [-0.2, -0.15) is 13.2 Å². The Morgan fingerprint density at radius 2 is 1.67 bits per heavy atom. The molecule has 0 saturated carbocycles. The van der Waals surface area contributed by atoms with Crippen molar-refractivity contribution in [2.24, 2.45) is 0 Å². The predicted molar refractivity (Wildman–Crippen MR) is 102 cm³/mol. The molecule has 2 nitrogen and oxygen atoms in total. The molecule has 0 fully saturated rings. The zero-order chi connectivity index (χ0) is 20.0. The first kappa shape index (κ1) is 20.6. The molecule has 9 heteroatoms. The molecule has 3 rings (SSSR count). The van der Waals surface area contributed by atoms with Crippen molar-refractivity contribution in [3.05, 3.63) is 74.2 Å². The second-order valence-corrected chi connectivity index (χ2v) is 7.94. The Morgan fingerprint density at radius 1 is 1.04 bits per heavy atom. The molecule has 0 spiro atoms. The highest BCUT2D eigenvalue weighted by atomic mass is 35.5. The van der Waals surface area contributed by atoms with Gasteiger partial charge in [-0.1, -0.05) is 46.9 Å². The molecule has 2 aromatic rings. The molecule has 0 bridgehead atoms. The Balaban J connectivity index is 2.11. The molecule has 144 valence electrons. The molecule has 2 atom stereocenters.